The van der Waals surface area contributed by atoms with Gasteiger partial charge >= 0.3 is 6.09 Å². The second-order valence-electron chi connectivity index (χ2n) is 5.15. The minimum Gasteiger partial charge on any atom is -0.444 e. The van der Waals surface area contributed by atoms with E-state index in [9.17, 15) is 4.79 Å². The van der Waals surface area contributed by atoms with Crippen LogP contribution in [0.15, 0.2) is 71.3 Å². The summed E-state index contributed by atoms with van der Waals surface area (Å²) in [5.41, 5.74) is 2.01. The van der Waals surface area contributed by atoms with Crippen molar-refractivity contribution in [2.45, 2.75) is 13.2 Å². The highest BCUT2D eigenvalue weighted by molar-refractivity contribution is 9.10. The fourth-order valence-electron chi connectivity index (χ4n) is 2.22. The summed E-state index contributed by atoms with van der Waals surface area (Å²) in [6.45, 7) is 0.772. The molecule has 5 nitrogen and oxygen atoms in total. The van der Waals surface area contributed by atoms with Crippen molar-refractivity contribution in [2.75, 3.05) is 5.32 Å². The number of anilines is 1. The number of rotatable bonds is 5. The quantitative estimate of drug-likeness (QED) is 0.705. The number of nitrogens with zero attached hydrogens (tertiary/aromatic N) is 2. The predicted octanol–water partition coefficient (Wildman–Crippen LogP) is 4.44. The average Bonchev–Trinajstić information content (AvgIpc) is 3.03. The lowest BCUT2D eigenvalue weighted by Gasteiger charge is -2.10. The van der Waals surface area contributed by atoms with Gasteiger partial charge in [-0.1, -0.05) is 64.5 Å². The molecule has 0 fully saturated rings. The van der Waals surface area contributed by atoms with Crippen LogP contribution < -0.4 is 5.32 Å². The fourth-order valence-corrected chi connectivity index (χ4v) is 2.63. The summed E-state index contributed by atoms with van der Waals surface area (Å²) >= 11 is 3.52. The second-order valence-corrected chi connectivity index (χ2v) is 6.01. The molecule has 0 saturated heterocycles. The maximum absolute atomic E-state index is 12.0. The zero-order valence-corrected chi connectivity index (χ0v) is 14.4. The van der Waals surface area contributed by atoms with Crippen molar-refractivity contribution in [3.63, 3.8) is 0 Å². The lowest BCUT2D eigenvalue weighted by molar-refractivity contribution is 0.155. The first-order valence-corrected chi connectivity index (χ1v) is 8.24. The third-order valence-electron chi connectivity index (χ3n) is 3.44. The van der Waals surface area contributed by atoms with Crippen LogP contribution >= 0.6 is 15.9 Å². The molecule has 0 aliphatic heterocycles. The van der Waals surface area contributed by atoms with Crippen LogP contribution in [0.5, 0.6) is 0 Å². The number of halogens is 1. The van der Waals surface area contributed by atoms with Crippen LogP contribution in [-0.2, 0) is 17.9 Å². The summed E-state index contributed by atoms with van der Waals surface area (Å²) in [6.07, 6.45) is 1.14. The van der Waals surface area contributed by atoms with E-state index in [1.807, 2.05) is 54.6 Å². The minimum absolute atomic E-state index is 0.227. The Morgan fingerprint density at radius 1 is 1.08 bits per heavy atom. The molecule has 1 heterocycles. The topological polar surface area (TPSA) is 56.2 Å². The highest BCUT2D eigenvalue weighted by atomic mass is 79.9. The molecule has 1 aromatic heterocycles. The Morgan fingerprint density at radius 2 is 1.83 bits per heavy atom. The van der Waals surface area contributed by atoms with Crippen LogP contribution in [0.3, 0.4) is 0 Å². The van der Waals surface area contributed by atoms with Crippen molar-refractivity contribution in [3.8, 4) is 0 Å². The number of carbonyl (C=O) groups is 1. The first-order valence-electron chi connectivity index (χ1n) is 7.45. The van der Waals surface area contributed by atoms with E-state index in [-0.39, 0.29) is 6.61 Å². The molecule has 0 aliphatic rings. The Hall–Kier alpha value is -2.60. The second kappa shape index (κ2) is 7.79. The van der Waals surface area contributed by atoms with Crippen LogP contribution in [0.4, 0.5) is 10.6 Å². The van der Waals surface area contributed by atoms with E-state index in [2.05, 4.69) is 26.3 Å². The third-order valence-corrected chi connectivity index (χ3v) is 4.21. The number of benzene rings is 2. The van der Waals surface area contributed by atoms with Gasteiger partial charge in [0.2, 0.25) is 0 Å². The molecule has 3 aromatic rings. The van der Waals surface area contributed by atoms with Gasteiger partial charge in [-0.25, -0.2) is 9.48 Å². The van der Waals surface area contributed by atoms with Crippen LogP contribution in [0.2, 0.25) is 0 Å². The molecular formula is C18H16BrN3O2. The van der Waals surface area contributed by atoms with Crippen molar-refractivity contribution < 1.29 is 9.53 Å². The Bertz CT molecular complexity index is 818. The summed E-state index contributed by atoms with van der Waals surface area (Å²) in [5, 5.41) is 6.97. The molecule has 3 rings (SSSR count). The number of carbonyl (C=O) groups excluding carboxylic acids is 1. The van der Waals surface area contributed by atoms with E-state index < -0.39 is 6.09 Å². The van der Waals surface area contributed by atoms with Crippen LogP contribution in [0.25, 0.3) is 0 Å². The van der Waals surface area contributed by atoms with E-state index >= 15 is 0 Å². The Kier molecular flexibility index (Phi) is 5.28. The van der Waals surface area contributed by atoms with Gasteiger partial charge in [0.15, 0.2) is 0 Å². The van der Waals surface area contributed by atoms with Gasteiger partial charge in [0.1, 0.15) is 12.4 Å². The van der Waals surface area contributed by atoms with E-state index in [1.54, 1.807) is 16.9 Å². The van der Waals surface area contributed by atoms with Crippen LogP contribution in [0, 0.1) is 0 Å². The molecule has 2 aromatic carbocycles. The SMILES string of the molecule is O=C(Nc1ccnn1Cc1ccccc1Br)OCc1ccccc1. The van der Waals surface area contributed by atoms with Gasteiger partial charge < -0.3 is 4.74 Å². The number of ether oxygens (including phenoxy) is 1. The van der Waals surface area contributed by atoms with Crippen LogP contribution in [0.1, 0.15) is 11.1 Å². The van der Waals surface area contributed by atoms with Gasteiger partial charge in [0.25, 0.3) is 0 Å². The average molecular weight is 386 g/mol. The van der Waals surface area contributed by atoms with Crippen LogP contribution in [-0.4, -0.2) is 15.9 Å². The normalized spacial score (nSPS) is 10.4. The fraction of sp³-hybridized carbons (Fsp3) is 0.111. The lowest BCUT2D eigenvalue weighted by atomic mass is 10.2. The summed E-state index contributed by atoms with van der Waals surface area (Å²) in [7, 11) is 0. The number of hydrogen-bond donors (Lipinski definition) is 1. The number of aromatic nitrogens is 2. The van der Waals surface area contributed by atoms with Gasteiger partial charge in [0.05, 0.1) is 12.7 Å². The van der Waals surface area contributed by atoms with Crippen molar-refractivity contribution in [3.05, 3.63) is 82.5 Å². The molecule has 0 aliphatic carbocycles. The molecule has 0 atom stereocenters. The Morgan fingerprint density at radius 3 is 2.62 bits per heavy atom. The van der Waals surface area contributed by atoms with Gasteiger partial charge in [-0.2, -0.15) is 5.10 Å². The summed E-state index contributed by atoms with van der Waals surface area (Å²) in [4.78, 5) is 12.0. The van der Waals surface area contributed by atoms with E-state index in [4.69, 9.17) is 4.74 Å². The summed E-state index contributed by atoms with van der Waals surface area (Å²) < 4.78 is 7.94. The van der Waals surface area contributed by atoms with Gasteiger partial charge in [-0.05, 0) is 17.2 Å². The number of amides is 1. The first kappa shape index (κ1) is 16.3. The minimum atomic E-state index is -0.507. The van der Waals surface area contributed by atoms with Gasteiger partial charge in [0, 0.05) is 10.5 Å². The summed E-state index contributed by atoms with van der Waals surface area (Å²) in [6, 6.07) is 19.2. The van der Waals surface area contributed by atoms with Crippen molar-refractivity contribution >= 4 is 27.8 Å². The molecule has 0 spiro atoms. The molecule has 24 heavy (non-hydrogen) atoms. The zero-order valence-electron chi connectivity index (χ0n) is 12.9. The molecule has 0 bridgehead atoms. The molecule has 122 valence electrons. The van der Waals surface area contributed by atoms with Crippen molar-refractivity contribution in [1.82, 2.24) is 9.78 Å². The molecule has 0 radical (unpaired) electrons. The third kappa shape index (κ3) is 4.23. The molecule has 1 amide bonds. The standard InChI is InChI=1S/C18H16BrN3O2/c19-16-9-5-4-8-15(16)12-22-17(10-11-20-22)21-18(23)24-13-14-6-2-1-3-7-14/h1-11H,12-13H2,(H,21,23). The zero-order chi connectivity index (χ0) is 16.8. The number of nitrogens with one attached hydrogen (secondary N) is 1. The van der Waals surface area contributed by atoms with Crippen molar-refractivity contribution in [2.24, 2.45) is 0 Å². The van der Waals surface area contributed by atoms with Crippen molar-refractivity contribution in [1.29, 1.82) is 0 Å². The first-order chi connectivity index (χ1) is 11.7. The van der Waals surface area contributed by atoms with Gasteiger partial charge in [-0.3, -0.25) is 5.32 Å². The molecule has 6 heteroatoms. The predicted molar refractivity (Wildman–Crippen MR) is 95.7 cm³/mol. The van der Waals surface area contributed by atoms with E-state index in [0.717, 1.165) is 15.6 Å². The Balaban J connectivity index is 1.61. The molecule has 0 unspecified atom stereocenters. The highest BCUT2D eigenvalue weighted by Gasteiger charge is 2.10. The van der Waals surface area contributed by atoms with E-state index in [0.29, 0.717) is 12.4 Å². The lowest BCUT2D eigenvalue weighted by Crippen LogP contribution is -2.17. The maximum atomic E-state index is 12.0. The molecule has 0 saturated carbocycles. The summed E-state index contributed by atoms with van der Waals surface area (Å²) in [5.74, 6) is 0.587. The highest BCUT2D eigenvalue weighted by Crippen LogP contribution is 2.18. The Labute approximate surface area is 148 Å². The maximum Gasteiger partial charge on any atom is 0.413 e. The smallest absolute Gasteiger partial charge is 0.413 e. The monoisotopic (exact) mass is 385 g/mol. The van der Waals surface area contributed by atoms with E-state index in [1.165, 1.54) is 0 Å². The molecule has 1 N–H and O–H groups in total. The van der Waals surface area contributed by atoms with Gasteiger partial charge in [-0.15, -0.1) is 0 Å². The largest absolute Gasteiger partial charge is 0.444 e. The number of hydrogen-bond acceptors (Lipinski definition) is 3. The molecular weight excluding hydrogens is 370 g/mol.